The van der Waals surface area contributed by atoms with Crippen molar-refractivity contribution in [1.82, 2.24) is 9.78 Å². The Labute approximate surface area is 111 Å². The lowest BCUT2D eigenvalue weighted by Gasteiger charge is -2.10. The maximum Gasteiger partial charge on any atom is 0.165 e. The highest BCUT2D eigenvalue weighted by molar-refractivity contribution is 5.30. The molecule has 0 spiro atoms. The van der Waals surface area contributed by atoms with E-state index in [2.05, 4.69) is 5.10 Å². The van der Waals surface area contributed by atoms with Gasteiger partial charge in [0.25, 0.3) is 0 Å². The molecule has 2 aromatic rings. The van der Waals surface area contributed by atoms with E-state index < -0.39 is 11.9 Å². The van der Waals surface area contributed by atoms with Gasteiger partial charge in [-0.3, -0.25) is 4.68 Å². The molecule has 19 heavy (non-hydrogen) atoms. The minimum absolute atomic E-state index is 0.201. The van der Waals surface area contributed by atoms with Crippen LogP contribution in [0.15, 0.2) is 30.5 Å². The number of benzene rings is 1. The Morgan fingerprint density at radius 3 is 2.79 bits per heavy atom. The van der Waals surface area contributed by atoms with E-state index >= 15 is 0 Å². The SMILES string of the molecule is C[C@H](O)c1ccc(OCCc2ccnn2C)c(F)c1. The Balaban J connectivity index is 1.95. The van der Waals surface area contributed by atoms with Crippen molar-refractivity contribution in [3.05, 3.63) is 47.5 Å². The number of aromatic nitrogens is 2. The molecule has 0 fully saturated rings. The van der Waals surface area contributed by atoms with Crippen molar-refractivity contribution in [3.63, 3.8) is 0 Å². The molecular formula is C14H17FN2O2. The second kappa shape index (κ2) is 5.84. The lowest BCUT2D eigenvalue weighted by atomic mass is 10.1. The van der Waals surface area contributed by atoms with E-state index in [1.54, 1.807) is 29.9 Å². The molecule has 1 aromatic heterocycles. The maximum absolute atomic E-state index is 13.7. The average molecular weight is 264 g/mol. The first-order valence-corrected chi connectivity index (χ1v) is 6.15. The van der Waals surface area contributed by atoms with Gasteiger partial charge in [-0.2, -0.15) is 5.10 Å². The third-order valence-electron chi connectivity index (χ3n) is 2.98. The summed E-state index contributed by atoms with van der Waals surface area (Å²) in [7, 11) is 1.85. The Hall–Kier alpha value is -1.88. The van der Waals surface area contributed by atoms with E-state index in [-0.39, 0.29) is 5.75 Å². The molecule has 1 aromatic carbocycles. The number of rotatable bonds is 5. The first-order valence-electron chi connectivity index (χ1n) is 6.15. The van der Waals surface area contributed by atoms with Crippen LogP contribution in [0.4, 0.5) is 4.39 Å². The molecule has 0 radical (unpaired) electrons. The van der Waals surface area contributed by atoms with Crippen LogP contribution in [-0.4, -0.2) is 21.5 Å². The van der Waals surface area contributed by atoms with Crippen LogP contribution < -0.4 is 4.74 Å². The van der Waals surface area contributed by atoms with Gasteiger partial charge in [-0.05, 0) is 30.7 Å². The molecule has 1 heterocycles. The second-order valence-corrected chi connectivity index (χ2v) is 4.41. The summed E-state index contributed by atoms with van der Waals surface area (Å²) in [6.45, 7) is 1.97. The summed E-state index contributed by atoms with van der Waals surface area (Å²) in [4.78, 5) is 0. The fourth-order valence-electron chi connectivity index (χ4n) is 1.81. The number of aryl methyl sites for hydroxylation is 1. The van der Waals surface area contributed by atoms with Gasteiger partial charge in [0.2, 0.25) is 0 Å². The molecule has 0 amide bonds. The molecule has 0 aliphatic heterocycles. The van der Waals surface area contributed by atoms with Crippen molar-refractivity contribution < 1.29 is 14.2 Å². The zero-order chi connectivity index (χ0) is 13.8. The Kier molecular flexibility index (Phi) is 4.16. The summed E-state index contributed by atoms with van der Waals surface area (Å²) in [5, 5.41) is 13.4. The normalized spacial score (nSPS) is 12.4. The van der Waals surface area contributed by atoms with Crippen LogP contribution in [0.2, 0.25) is 0 Å². The average Bonchev–Trinajstić information content (AvgIpc) is 2.77. The number of nitrogens with zero attached hydrogens (tertiary/aromatic N) is 2. The number of hydrogen-bond acceptors (Lipinski definition) is 3. The van der Waals surface area contributed by atoms with Gasteiger partial charge in [0.1, 0.15) is 0 Å². The minimum atomic E-state index is -0.682. The van der Waals surface area contributed by atoms with Crippen LogP contribution in [0.1, 0.15) is 24.3 Å². The molecule has 0 aliphatic carbocycles. The molecule has 0 bridgehead atoms. The van der Waals surface area contributed by atoms with E-state index in [1.165, 1.54) is 6.07 Å². The van der Waals surface area contributed by atoms with E-state index in [9.17, 15) is 9.50 Å². The van der Waals surface area contributed by atoms with Crippen molar-refractivity contribution in [2.24, 2.45) is 7.05 Å². The highest BCUT2D eigenvalue weighted by atomic mass is 19.1. The Bertz CT molecular complexity index is 552. The van der Waals surface area contributed by atoms with Crippen LogP contribution >= 0.6 is 0 Å². The Morgan fingerprint density at radius 2 is 2.21 bits per heavy atom. The van der Waals surface area contributed by atoms with E-state index in [1.807, 2.05) is 13.1 Å². The van der Waals surface area contributed by atoms with Crippen molar-refractivity contribution in [3.8, 4) is 5.75 Å². The predicted octanol–water partition coefficient (Wildman–Crippen LogP) is 2.23. The molecule has 1 atom stereocenters. The maximum atomic E-state index is 13.7. The van der Waals surface area contributed by atoms with E-state index in [4.69, 9.17) is 4.74 Å². The van der Waals surface area contributed by atoms with Crippen LogP contribution in [0.3, 0.4) is 0 Å². The van der Waals surface area contributed by atoms with Gasteiger partial charge in [0.15, 0.2) is 11.6 Å². The van der Waals surface area contributed by atoms with Gasteiger partial charge in [-0.15, -0.1) is 0 Å². The van der Waals surface area contributed by atoms with Crippen molar-refractivity contribution in [2.75, 3.05) is 6.61 Å². The fraction of sp³-hybridized carbons (Fsp3) is 0.357. The number of aliphatic hydroxyl groups excluding tert-OH is 1. The quantitative estimate of drug-likeness (QED) is 0.901. The molecule has 0 saturated heterocycles. The topological polar surface area (TPSA) is 47.3 Å². The largest absolute Gasteiger partial charge is 0.490 e. The van der Waals surface area contributed by atoms with Crippen LogP contribution in [-0.2, 0) is 13.5 Å². The molecule has 0 saturated carbocycles. The second-order valence-electron chi connectivity index (χ2n) is 4.41. The molecule has 0 unspecified atom stereocenters. The molecular weight excluding hydrogens is 247 g/mol. The molecule has 2 rings (SSSR count). The van der Waals surface area contributed by atoms with Gasteiger partial charge in [-0.1, -0.05) is 6.07 Å². The van der Waals surface area contributed by atoms with Gasteiger partial charge in [-0.25, -0.2) is 4.39 Å². The number of halogens is 1. The number of aliphatic hydroxyl groups is 1. The summed E-state index contributed by atoms with van der Waals surface area (Å²) in [5.41, 5.74) is 1.57. The lowest BCUT2D eigenvalue weighted by molar-refractivity contribution is 0.198. The zero-order valence-corrected chi connectivity index (χ0v) is 11.0. The summed E-state index contributed by atoms with van der Waals surface area (Å²) in [6.07, 6.45) is 1.69. The third kappa shape index (κ3) is 3.32. The van der Waals surface area contributed by atoms with Crippen LogP contribution in [0.25, 0.3) is 0 Å². The van der Waals surface area contributed by atoms with Gasteiger partial charge >= 0.3 is 0 Å². The van der Waals surface area contributed by atoms with Crippen LogP contribution in [0.5, 0.6) is 5.75 Å². The molecule has 0 aliphatic rings. The van der Waals surface area contributed by atoms with Gasteiger partial charge in [0, 0.05) is 25.4 Å². The lowest BCUT2D eigenvalue weighted by Crippen LogP contribution is -2.07. The molecule has 1 N–H and O–H groups in total. The molecule has 4 nitrogen and oxygen atoms in total. The van der Waals surface area contributed by atoms with Gasteiger partial charge in [0.05, 0.1) is 12.7 Å². The first kappa shape index (κ1) is 13.5. The monoisotopic (exact) mass is 264 g/mol. The van der Waals surface area contributed by atoms with Crippen molar-refractivity contribution >= 4 is 0 Å². The summed E-state index contributed by atoms with van der Waals surface area (Å²) < 4.78 is 20.9. The first-order chi connectivity index (χ1) is 9.08. The van der Waals surface area contributed by atoms with Crippen molar-refractivity contribution in [2.45, 2.75) is 19.4 Å². The highest BCUT2D eigenvalue weighted by Gasteiger charge is 2.08. The number of ether oxygens (including phenoxy) is 1. The number of hydrogen-bond donors (Lipinski definition) is 1. The zero-order valence-electron chi connectivity index (χ0n) is 11.0. The summed E-state index contributed by atoms with van der Waals surface area (Å²) >= 11 is 0. The Morgan fingerprint density at radius 1 is 1.42 bits per heavy atom. The molecule has 5 heteroatoms. The predicted molar refractivity (Wildman–Crippen MR) is 69.4 cm³/mol. The van der Waals surface area contributed by atoms with Gasteiger partial charge < -0.3 is 9.84 Å². The summed E-state index contributed by atoms with van der Waals surface area (Å²) in [5.74, 6) is -0.255. The molecule has 102 valence electrons. The highest BCUT2D eigenvalue weighted by Crippen LogP contribution is 2.22. The van der Waals surface area contributed by atoms with Crippen molar-refractivity contribution in [1.29, 1.82) is 0 Å². The van der Waals surface area contributed by atoms with Crippen LogP contribution in [0, 0.1) is 5.82 Å². The summed E-state index contributed by atoms with van der Waals surface area (Å²) in [6, 6.07) is 6.40. The third-order valence-corrected chi connectivity index (χ3v) is 2.98. The standard InChI is InChI=1S/C14H17FN2O2/c1-10(18)11-3-4-14(13(15)9-11)19-8-6-12-5-7-16-17(12)2/h3-5,7,9-10,18H,6,8H2,1-2H3/t10-/m0/s1. The van der Waals surface area contributed by atoms with E-state index in [0.29, 0.717) is 18.6 Å². The fourth-order valence-corrected chi connectivity index (χ4v) is 1.81. The minimum Gasteiger partial charge on any atom is -0.490 e. The smallest absolute Gasteiger partial charge is 0.165 e. The van der Waals surface area contributed by atoms with E-state index in [0.717, 1.165) is 5.69 Å².